The Morgan fingerprint density at radius 2 is 2.05 bits per heavy atom. The first-order chi connectivity index (χ1) is 8.65. The summed E-state index contributed by atoms with van der Waals surface area (Å²) in [5, 5.41) is 6.57. The minimum Gasteiger partial charge on any atom is -0.383 e. The van der Waals surface area contributed by atoms with Gasteiger partial charge in [0, 0.05) is 37.3 Å². The number of ether oxygens (including phenoxy) is 1. The minimum atomic E-state index is -0.0939. The molecule has 4 nitrogen and oxygen atoms in total. The van der Waals surface area contributed by atoms with Gasteiger partial charge in [0.15, 0.2) is 0 Å². The topological polar surface area (TPSA) is 50.4 Å². The molecule has 0 radical (unpaired) electrons. The first kappa shape index (κ1) is 18.2. The molecule has 0 aromatic heterocycles. The van der Waals surface area contributed by atoms with E-state index in [9.17, 15) is 4.79 Å². The fraction of sp³-hybridized carbons (Fsp3) is 0.462. The zero-order valence-electron chi connectivity index (χ0n) is 11.2. The lowest BCUT2D eigenvalue weighted by Crippen LogP contribution is -2.33. The molecular weight excluding hydrogens is 287 g/mol. The molecule has 0 saturated carbocycles. The zero-order chi connectivity index (χ0) is 13.4. The van der Waals surface area contributed by atoms with Gasteiger partial charge in [0.05, 0.1) is 6.61 Å². The van der Waals surface area contributed by atoms with Gasteiger partial charge in [-0.25, -0.2) is 0 Å². The Morgan fingerprint density at radius 3 is 2.74 bits per heavy atom. The van der Waals surface area contributed by atoms with E-state index < -0.39 is 0 Å². The molecule has 0 unspecified atom stereocenters. The fourth-order valence-corrected chi connectivity index (χ4v) is 1.67. The molecule has 1 aromatic carbocycles. The Bertz CT molecular complexity index is 400. The predicted octanol–water partition coefficient (Wildman–Crippen LogP) is 2.04. The summed E-state index contributed by atoms with van der Waals surface area (Å²) in [5.74, 6) is -0.0939. The third kappa shape index (κ3) is 6.78. The first-order valence-electron chi connectivity index (χ1n) is 5.89. The average Bonchev–Trinajstić information content (AvgIpc) is 2.36. The molecule has 0 aliphatic heterocycles. The largest absolute Gasteiger partial charge is 0.383 e. The number of amides is 1. The summed E-state index contributed by atoms with van der Waals surface area (Å²) in [5.41, 5.74) is 1.55. The van der Waals surface area contributed by atoms with Crippen molar-refractivity contribution in [2.24, 2.45) is 0 Å². The molecule has 0 aliphatic rings. The van der Waals surface area contributed by atoms with Crippen molar-refractivity contribution in [3.05, 3.63) is 34.3 Å². The van der Waals surface area contributed by atoms with Crippen LogP contribution in [0, 0.1) is 6.92 Å². The maximum atomic E-state index is 11.9. The van der Waals surface area contributed by atoms with Gasteiger partial charge in [-0.2, -0.15) is 0 Å². The van der Waals surface area contributed by atoms with Crippen molar-refractivity contribution in [2.75, 3.05) is 33.4 Å². The van der Waals surface area contributed by atoms with Crippen molar-refractivity contribution in [3.63, 3.8) is 0 Å². The van der Waals surface area contributed by atoms with Gasteiger partial charge in [-0.3, -0.25) is 4.79 Å². The number of hydrogen-bond acceptors (Lipinski definition) is 3. The molecule has 2 N–H and O–H groups in total. The highest BCUT2D eigenvalue weighted by molar-refractivity contribution is 6.31. The van der Waals surface area contributed by atoms with Crippen LogP contribution in [0.15, 0.2) is 18.2 Å². The molecule has 0 atom stereocenters. The molecule has 0 spiro atoms. The van der Waals surface area contributed by atoms with Crippen molar-refractivity contribution in [3.8, 4) is 0 Å². The summed E-state index contributed by atoms with van der Waals surface area (Å²) in [4.78, 5) is 11.9. The molecule has 0 aliphatic carbocycles. The van der Waals surface area contributed by atoms with E-state index in [2.05, 4.69) is 10.6 Å². The number of halogens is 2. The summed E-state index contributed by atoms with van der Waals surface area (Å²) < 4.78 is 4.90. The summed E-state index contributed by atoms with van der Waals surface area (Å²) in [6, 6.07) is 5.30. The molecule has 0 saturated heterocycles. The average molecular weight is 307 g/mol. The van der Waals surface area contributed by atoms with E-state index in [1.54, 1.807) is 19.2 Å². The number of aryl methyl sites for hydroxylation is 1. The predicted molar refractivity (Wildman–Crippen MR) is 80.5 cm³/mol. The number of nitrogens with one attached hydrogen (secondary N) is 2. The molecule has 6 heteroatoms. The van der Waals surface area contributed by atoms with Crippen molar-refractivity contribution in [2.45, 2.75) is 6.92 Å². The Morgan fingerprint density at radius 1 is 1.32 bits per heavy atom. The molecule has 0 bridgehead atoms. The zero-order valence-corrected chi connectivity index (χ0v) is 12.7. The van der Waals surface area contributed by atoms with Crippen LogP contribution in [0.25, 0.3) is 0 Å². The summed E-state index contributed by atoms with van der Waals surface area (Å²) >= 11 is 5.87. The summed E-state index contributed by atoms with van der Waals surface area (Å²) in [6.07, 6.45) is 0. The standard InChI is InChI=1S/C13H19ClN2O2.ClH/c1-10-3-4-11(14)9-12(10)13(17)16-6-5-15-7-8-18-2;/h3-4,9,15H,5-8H2,1-2H3,(H,16,17);1H. The van der Waals surface area contributed by atoms with Crippen molar-refractivity contribution in [1.29, 1.82) is 0 Å². The van der Waals surface area contributed by atoms with Crippen LogP contribution in [0.2, 0.25) is 5.02 Å². The number of methoxy groups -OCH3 is 1. The molecule has 0 fully saturated rings. The van der Waals surface area contributed by atoms with Crippen LogP contribution in [-0.2, 0) is 4.74 Å². The molecular formula is C13H20Cl2N2O2. The van der Waals surface area contributed by atoms with Crippen LogP contribution >= 0.6 is 24.0 Å². The Hall–Kier alpha value is -0.810. The highest BCUT2D eigenvalue weighted by atomic mass is 35.5. The van der Waals surface area contributed by atoms with E-state index in [0.29, 0.717) is 30.3 Å². The fourth-order valence-electron chi connectivity index (χ4n) is 1.50. The van der Waals surface area contributed by atoms with Gasteiger partial charge in [0.1, 0.15) is 0 Å². The summed E-state index contributed by atoms with van der Waals surface area (Å²) in [7, 11) is 1.66. The Kier molecular flexibility index (Phi) is 9.61. The van der Waals surface area contributed by atoms with Gasteiger partial charge in [0.2, 0.25) is 0 Å². The van der Waals surface area contributed by atoms with Gasteiger partial charge in [-0.05, 0) is 24.6 Å². The van der Waals surface area contributed by atoms with E-state index in [0.717, 1.165) is 12.1 Å². The molecule has 19 heavy (non-hydrogen) atoms. The van der Waals surface area contributed by atoms with Crippen LogP contribution < -0.4 is 10.6 Å². The minimum absolute atomic E-state index is 0. The van der Waals surface area contributed by atoms with E-state index in [1.165, 1.54) is 0 Å². The third-order valence-electron chi connectivity index (χ3n) is 2.51. The number of carbonyl (C=O) groups excluding carboxylic acids is 1. The lowest BCUT2D eigenvalue weighted by Gasteiger charge is -2.08. The second kappa shape index (κ2) is 10.0. The van der Waals surface area contributed by atoms with Gasteiger partial charge in [-0.15, -0.1) is 12.4 Å². The monoisotopic (exact) mass is 306 g/mol. The molecule has 0 heterocycles. The lowest BCUT2D eigenvalue weighted by atomic mass is 10.1. The summed E-state index contributed by atoms with van der Waals surface area (Å²) in [6.45, 7) is 4.63. The third-order valence-corrected chi connectivity index (χ3v) is 2.75. The van der Waals surface area contributed by atoms with Gasteiger partial charge in [-0.1, -0.05) is 17.7 Å². The van der Waals surface area contributed by atoms with E-state index in [4.69, 9.17) is 16.3 Å². The van der Waals surface area contributed by atoms with Crippen LogP contribution in [0.3, 0.4) is 0 Å². The molecule has 1 rings (SSSR count). The number of rotatable bonds is 7. The van der Waals surface area contributed by atoms with Crippen molar-refractivity contribution < 1.29 is 9.53 Å². The Balaban J connectivity index is 0.00000324. The van der Waals surface area contributed by atoms with E-state index in [1.807, 2.05) is 13.0 Å². The molecule has 108 valence electrons. The van der Waals surface area contributed by atoms with Crippen LogP contribution in [0.4, 0.5) is 0 Å². The molecule has 1 amide bonds. The number of benzene rings is 1. The van der Waals surface area contributed by atoms with Gasteiger partial charge in [0.25, 0.3) is 5.91 Å². The first-order valence-corrected chi connectivity index (χ1v) is 6.27. The van der Waals surface area contributed by atoms with Gasteiger partial charge < -0.3 is 15.4 Å². The Labute approximate surface area is 125 Å². The van der Waals surface area contributed by atoms with E-state index in [-0.39, 0.29) is 18.3 Å². The second-order valence-corrected chi connectivity index (χ2v) is 4.39. The lowest BCUT2D eigenvalue weighted by molar-refractivity contribution is 0.0953. The van der Waals surface area contributed by atoms with E-state index >= 15 is 0 Å². The molecule has 1 aromatic rings. The second-order valence-electron chi connectivity index (χ2n) is 3.96. The smallest absolute Gasteiger partial charge is 0.251 e. The van der Waals surface area contributed by atoms with Crippen molar-refractivity contribution >= 4 is 29.9 Å². The van der Waals surface area contributed by atoms with Crippen LogP contribution in [-0.4, -0.2) is 39.3 Å². The highest BCUT2D eigenvalue weighted by Crippen LogP contribution is 2.14. The van der Waals surface area contributed by atoms with Crippen molar-refractivity contribution in [1.82, 2.24) is 10.6 Å². The van der Waals surface area contributed by atoms with Gasteiger partial charge >= 0.3 is 0 Å². The normalized spacial score (nSPS) is 9.84. The maximum Gasteiger partial charge on any atom is 0.251 e. The van der Waals surface area contributed by atoms with Crippen LogP contribution in [0.5, 0.6) is 0 Å². The maximum absolute atomic E-state index is 11.9. The highest BCUT2D eigenvalue weighted by Gasteiger charge is 2.08. The SMILES string of the molecule is COCCNCCNC(=O)c1cc(Cl)ccc1C.Cl. The number of hydrogen-bond donors (Lipinski definition) is 2. The van der Waals surface area contributed by atoms with Crippen LogP contribution in [0.1, 0.15) is 15.9 Å². The number of carbonyl (C=O) groups is 1. The quantitative estimate of drug-likeness (QED) is 0.758.